The molecular weight excluding hydrogens is 268 g/mol. The zero-order valence-corrected chi connectivity index (χ0v) is 11.8. The molecule has 2 saturated carbocycles. The van der Waals surface area contributed by atoms with Gasteiger partial charge < -0.3 is 14.4 Å². The first kappa shape index (κ1) is 12.6. The molecule has 4 rings (SSSR count). The van der Waals surface area contributed by atoms with Gasteiger partial charge in [0.1, 0.15) is 11.6 Å². The van der Waals surface area contributed by atoms with Gasteiger partial charge in [0.15, 0.2) is 5.69 Å². The molecule has 0 radical (unpaired) electrons. The van der Waals surface area contributed by atoms with Gasteiger partial charge in [-0.1, -0.05) is 5.16 Å². The maximum absolute atomic E-state index is 12.0. The highest BCUT2D eigenvalue weighted by atomic mass is 16.5. The summed E-state index contributed by atoms with van der Waals surface area (Å²) in [5.41, 5.74) is 0.380. The Morgan fingerprint density at radius 2 is 2.14 bits per heavy atom. The largest absolute Gasteiger partial charge is 0.360 e. The summed E-state index contributed by atoms with van der Waals surface area (Å²) in [6.07, 6.45) is 8.54. The molecule has 2 aromatic rings. The third-order valence-corrected chi connectivity index (χ3v) is 4.07. The van der Waals surface area contributed by atoms with Crippen molar-refractivity contribution < 1.29 is 9.32 Å². The smallest absolute Gasteiger partial charge is 0.273 e. The third-order valence-electron chi connectivity index (χ3n) is 4.07. The van der Waals surface area contributed by atoms with Crippen LogP contribution in [0.3, 0.4) is 0 Å². The van der Waals surface area contributed by atoms with Gasteiger partial charge in [0.25, 0.3) is 5.91 Å². The highest BCUT2D eigenvalue weighted by Crippen LogP contribution is 2.40. The Kier molecular flexibility index (Phi) is 3.02. The van der Waals surface area contributed by atoms with Crippen LogP contribution < -0.4 is 5.32 Å². The van der Waals surface area contributed by atoms with Crippen LogP contribution >= 0.6 is 0 Å². The summed E-state index contributed by atoms with van der Waals surface area (Å²) in [4.78, 5) is 16.4. The number of amides is 1. The predicted molar refractivity (Wildman–Crippen MR) is 75.0 cm³/mol. The van der Waals surface area contributed by atoms with Crippen molar-refractivity contribution in [1.82, 2.24) is 20.0 Å². The number of hydrogen-bond acceptors (Lipinski definition) is 4. The molecule has 21 heavy (non-hydrogen) atoms. The predicted octanol–water partition coefficient (Wildman–Crippen LogP) is 2.06. The molecule has 1 amide bonds. The van der Waals surface area contributed by atoms with E-state index in [0.29, 0.717) is 24.1 Å². The van der Waals surface area contributed by atoms with Crippen LogP contribution in [0.15, 0.2) is 23.0 Å². The highest BCUT2D eigenvalue weighted by molar-refractivity contribution is 5.92. The molecule has 0 aliphatic heterocycles. The zero-order valence-electron chi connectivity index (χ0n) is 11.8. The first-order chi connectivity index (χ1) is 10.3. The maximum Gasteiger partial charge on any atom is 0.273 e. The van der Waals surface area contributed by atoms with Gasteiger partial charge in [-0.2, -0.15) is 0 Å². The number of nitrogens with zero attached hydrogens (tertiary/aromatic N) is 3. The average Bonchev–Trinajstić information content (AvgIpc) is 3.42. The lowest BCUT2D eigenvalue weighted by Crippen LogP contribution is -2.27. The van der Waals surface area contributed by atoms with Gasteiger partial charge in [-0.15, -0.1) is 0 Å². The molecule has 0 unspecified atom stereocenters. The second-order valence-corrected chi connectivity index (χ2v) is 5.90. The van der Waals surface area contributed by atoms with E-state index in [4.69, 9.17) is 4.52 Å². The van der Waals surface area contributed by atoms with Crippen LogP contribution in [-0.2, 0) is 6.54 Å². The van der Waals surface area contributed by atoms with Crippen LogP contribution in [0.1, 0.15) is 59.6 Å². The van der Waals surface area contributed by atoms with Crippen molar-refractivity contribution in [3.05, 3.63) is 35.7 Å². The number of carbonyl (C=O) groups is 1. The Morgan fingerprint density at radius 3 is 2.90 bits per heavy atom. The molecule has 2 heterocycles. The summed E-state index contributed by atoms with van der Waals surface area (Å²) in [6.45, 7) is 1.31. The van der Waals surface area contributed by atoms with E-state index in [1.807, 2.05) is 12.4 Å². The van der Waals surface area contributed by atoms with Crippen LogP contribution in [0.4, 0.5) is 0 Å². The van der Waals surface area contributed by atoms with E-state index >= 15 is 0 Å². The SMILES string of the molecule is O=C(NCCn1ccnc1C1CC1)c1cc(C2CC2)on1. The maximum atomic E-state index is 12.0. The summed E-state index contributed by atoms with van der Waals surface area (Å²) in [6, 6.07) is 1.76. The molecule has 0 bridgehead atoms. The Labute approximate surface area is 122 Å². The Hall–Kier alpha value is -2.11. The first-order valence-corrected chi connectivity index (χ1v) is 7.57. The number of carbonyl (C=O) groups excluding carboxylic acids is 1. The Bertz CT molecular complexity index is 652. The van der Waals surface area contributed by atoms with Crippen LogP contribution in [0.25, 0.3) is 0 Å². The van der Waals surface area contributed by atoms with Crippen molar-refractivity contribution >= 4 is 5.91 Å². The Morgan fingerprint density at radius 1 is 1.33 bits per heavy atom. The number of aromatic nitrogens is 3. The van der Waals surface area contributed by atoms with E-state index in [1.54, 1.807) is 6.07 Å². The molecule has 0 saturated heterocycles. The van der Waals surface area contributed by atoms with Crippen molar-refractivity contribution in [2.24, 2.45) is 0 Å². The lowest BCUT2D eigenvalue weighted by molar-refractivity contribution is 0.0943. The van der Waals surface area contributed by atoms with Gasteiger partial charge in [-0.05, 0) is 25.7 Å². The molecule has 2 aliphatic carbocycles. The summed E-state index contributed by atoms with van der Waals surface area (Å²) in [5.74, 6) is 2.91. The number of imidazole rings is 1. The fourth-order valence-corrected chi connectivity index (χ4v) is 2.55. The van der Waals surface area contributed by atoms with Crippen molar-refractivity contribution in [2.75, 3.05) is 6.54 Å². The molecule has 2 fully saturated rings. The van der Waals surface area contributed by atoms with E-state index in [0.717, 1.165) is 31.0 Å². The van der Waals surface area contributed by atoms with Crippen molar-refractivity contribution in [3.8, 4) is 0 Å². The summed E-state index contributed by atoms with van der Waals surface area (Å²) < 4.78 is 7.32. The van der Waals surface area contributed by atoms with Crippen molar-refractivity contribution in [3.63, 3.8) is 0 Å². The normalized spacial score (nSPS) is 17.9. The molecule has 2 aromatic heterocycles. The van der Waals surface area contributed by atoms with Crippen LogP contribution in [0.2, 0.25) is 0 Å². The van der Waals surface area contributed by atoms with E-state index in [-0.39, 0.29) is 5.91 Å². The highest BCUT2D eigenvalue weighted by Gasteiger charge is 2.29. The van der Waals surface area contributed by atoms with E-state index in [2.05, 4.69) is 20.0 Å². The molecule has 6 nitrogen and oxygen atoms in total. The van der Waals surface area contributed by atoms with Gasteiger partial charge in [0.2, 0.25) is 0 Å². The van der Waals surface area contributed by atoms with E-state index in [9.17, 15) is 4.79 Å². The molecule has 6 heteroatoms. The third kappa shape index (κ3) is 2.70. The number of hydrogen-bond donors (Lipinski definition) is 1. The minimum Gasteiger partial charge on any atom is -0.360 e. The van der Waals surface area contributed by atoms with Crippen molar-refractivity contribution in [2.45, 2.75) is 44.1 Å². The van der Waals surface area contributed by atoms with Gasteiger partial charge in [-0.3, -0.25) is 4.79 Å². The monoisotopic (exact) mass is 286 g/mol. The van der Waals surface area contributed by atoms with Gasteiger partial charge in [-0.25, -0.2) is 4.98 Å². The van der Waals surface area contributed by atoms with Crippen LogP contribution in [-0.4, -0.2) is 27.2 Å². The summed E-state index contributed by atoms with van der Waals surface area (Å²) in [7, 11) is 0. The van der Waals surface area contributed by atoms with Crippen LogP contribution in [0, 0.1) is 0 Å². The lowest BCUT2D eigenvalue weighted by Gasteiger charge is -2.07. The second-order valence-electron chi connectivity index (χ2n) is 5.90. The summed E-state index contributed by atoms with van der Waals surface area (Å²) in [5, 5.41) is 6.73. The number of rotatable bonds is 6. The lowest BCUT2D eigenvalue weighted by atomic mass is 10.3. The molecular formula is C15H18N4O2. The summed E-state index contributed by atoms with van der Waals surface area (Å²) >= 11 is 0. The zero-order chi connectivity index (χ0) is 14.2. The minimum atomic E-state index is -0.168. The van der Waals surface area contributed by atoms with Crippen molar-refractivity contribution in [1.29, 1.82) is 0 Å². The molecule has 2 aliphatic rings. The molecule has 0 spiro atoms. The molecule has 0 aromatic carbocycles. The minimum absolute atomic E-state index is 0.168. The van der Waals surface area contributed by atoms with Gasteiger partial charge >= 0.3 is 0 Å². The quantitative estimate of drug-likeness (QED) is 0.882. The first-order valence-electron chi connectivity index (χ1n) is 7.57. The molecule has 1 N–H and O–H groups in total. The molecule has 110 valence electrons. The Balaban J connectivity index is 1.31. The fourth-order valence-electron chi connectivity index (χ4n) is 2.55. The van der Waals surface area contributed by atoms with Crippen LogP contribution in [0.5, 0.6) is 0 Å². The standard InChI is InChI=1S/C15H18N4O2/c20-15(12-9-13(21-18-12)10-1-2-10)17-6-8-19-7-5-16-14(19)11-3-4-11/h5,7,9-11H,1-4,6,8H2,(H,17,20). The van der Waals surface area contributed by atoms with Gasteiger partial charge in [0.05, 0.1) is 0 Å². The topological polar surface area (TPSA) is 73.0 Å². The second kappa shape index (κ2) is 5.02. The van der Waals surface area contributed by atoms with Gasteiger partial charge in [0, 0.05) is 43.4 Å². The van der Waals surface area contributed by atoms with E-state index < -0.39 is 0 Å². The number of nitrogens with one attached hydrogen (secondary N) is 1. The molecule has 0 atom stereocenters. The van der Waals surface area contributed by atoms with E-state index in [1.165, 1.54) is 12.8 Å². The average molecular weight is 286 g/mol. The fraction of sp³-hybridized carbons (Fsp3) is 0.533.